The summed E-state index contributed by atoms with van der Waals surface area (Å²) in [4.78, 5) is 21.9. The zero-order valence-electron chi connectivity index (χ0n) is 18.1. The number of hydrogen-bond donors (Lipinski definition) is 0. The normalized spacial score (nSPS) is 21.8. The number of nitrogens with zero attached hydrogens (tertiary/aromatic N) is 5. The molecule has 0 N–H and O–H groups in total. The first-order valence-corrected chi connectivity index (χ1v) is 11.7. The molecule has 166 valence electrons. The van der Waals surface area contributed by atoms with Crippen molar-refractivity contribution in [1.29, 1.82) is 0 Å². The van der Waals surface area contributed by atoms with Gasteiger partial charge in [-0.25, -0.2) is 9.51 Å². The highest BCUT2D eigenvalue weighted by atomic mass is 35.5. The number of rotatable bonds is 4. The summed E-state index contributed by atoms with van der Waals surface area (Å²) in [5.74, 6) is 0.675. The van der Waals surface area contributed by atoms with Crippen LogP contribution in [0.15, 0.2) is 45.5 Å². The molecule has 7 nitrogen and oxygen atoms in total. The number of ether oxygens (including phenoxy) is 1. The van der Waals surface area contributed by atoms with E-state index in [-0.39, 0.29) is 5.41 Å². The molecule has 0 radical (unpaired) electrons. The summed E-state index contributed by atoms with van der Waals surface area (Å²) >= 11 is 8.09. The minimum Gasteiger partial charge on any atom is -0.378 e. The van der Waals surface area contributed by atoms with Gasteiger partial charge in [-0.1, -0.05) is 23.4 Å². The van der Waals surface area contributed by atoms with Gasteiger partial charge in [0.25, 0.3) is 0 Å². The molecule has 2 saturated heterocycles. The van der Waals surface area contributed by atoms with Crippen LogP contribution in [0.25, 0.3) is 5.52 Å². The Morgan fingerprint density at radius 2 is 2.19 bits per heavy atom. The molecule has 1 atom stereocenters. The van der Waals surface area contributed by atoms with Crippen molar-refractivity contribution in [3.8, 4) is 0 Å². The van der Waals surface area contributed by atoms with Crippen LogP contribution >= 0.6 is 23.4 Å². The lowest BCUT2D eigenvalue weighted by Crippen LogP contribution is -2.48. The first-order chi connectivity index (χ1) is 14.9. The van der Waals surface area contributed by atoms with E-state index in [1.165, 1.54) is 0 Å². The molecule has 0 bridgehead atoms. The molecule has 1 amide bonds. The average Bonchev–Trinajstić information content (AvgIpc) is 3.38. The van der Waals surface area contributed by atoms with Gasteiger partial charge < -0.3 is 9.64 Å². The van der Waals surface area contributed by atoms with Gasteiger partial charge in [-0.05, 0) is 50.7 Å². The summed E-state index contributed by atoms with van der Waals surface area (Å²) in [6, 6.07) is 3.83. The topological polar surface area (TPSA) is 62.4 Å². The summed E-state index contributed by atoms with van der Waals surface area (Å²) in [5.41, 5.74) is 1.16. The molecule has 0 aromatic carbocycles. The Labute approximate surface area is 192 Å². The van der Waals surface area contributed by atoms with E-state index in [1.54, 1.807) is 34.4 Å². The molecule has 0 aliphatic carbocycles. The van der Waals surface area contributed by atoms with Gasteiger partial charge in [0, 0.05) is 42.3 Å². The van der Waals surface area contributed by atoms with Crippen molar-refractivity contribution < 1.29 is 9.53 Å². The molecular weight excluding hydrogens is 434 g/mol. The third-order valence-corrected chi connectivity index (χ3v) is 7.58. The Morgan fingerprint density at radius 3 is 2.87 bits per heavy atom. The number of amides is 1. The minimum absolute atomic E-state index is 0.283. The van der Waals surface area contributed by atoms with Crippen LogP contribution in [0.2, 0.25) is 5.02 Å². The predicted octanol–water partition coefficient (Wildman–Crippen LogP) is 4.28. The van der Waals surface area contributed by atoms with Gasteiger partial charge in [-0.15, -0.1) is 0 Å². The third kappa shape index (κ3) is 4.76. The third-order valence-electron chi connectivity index (χ3n) is 6.09. The lowest BCUT2D eigenvalue weighted by molar-refractivity contribution is -0.114. The van der Waals surface area contributed by atoms with Crippen LogP contribution in [0, 0.1) is 5.41 Å². The summed E-state index contributed by atoms with van der Waals surface area (Å²) in [5, 5.41) is 4.87. The van der Waals surface area contributed by atoms with Crippen LogP contribution in [0.1, 0.15) is 33.1 Å². The zero-order chi connectivity index (χ0) is 22.0. The number of carbonyl (C=O) groups excluding carboxylic acids is 1. The fraction of sp³-hybridized carbons (Fsp3) is 0.500. The Hall–Kier alpha value is -2.03. The number of carbonyl (C=O) groups is 1. The van der Waals surface area contributed by atoms with Gasteiger partial charge in [-0.3, -0.25) is 9.69 Å². The highest BCUT2D eigenvalue weighted by Crippen LogP contribution is 2.42. The van der Waals surface area contributed by atoms with Gasteiger partial charge in [0.15, 0.2) is 0 Å². The van der Waals surface area contributed by atoms with Crippen LogP contribution in [0.3, 0.4) is 0 Å². The second-order valence-corrected chi connectivity index (χ2v) is 10.1. The number of piperidine rings is 1. The summed E-state index contributed by atoms with van der Waals surface area (Å²) in [6.45, 7) is 6.73. The molecule has 1 spiro atoms. The van der Waals surface area contributed by atoms with E-state index in [0.717, 1.165) is 60.7 Å². The van der Waals surface area contributed by atoms with E-state index in [9.17, 15) is 4.79 Å². The fourth-order valence-electron chi connectivity index (χ4n) is 4.39. The Kier molecular flexibility index (Phi) is 6.60. The lowest BCUT2D eigenvalue weighted by atomic mass is 9.77. The van der Waals surface area contributed by atoms with E-state index in [1.807, 2.05) is 31.5 Å². The standard InChI is InChI=1S/C22H28ClN5O2S/c1-16-12-22(14-30-16)6-10-27(11-7-22)21(26(3)15-29)24-13-17(2)31-19-5-9-28-18(20(19)23)4-8-25-28/h4-5,8-9,13,15-16H,6-7,10-12,14H2,1-3H3/b17-13+,24-21?/t16-/m0/s1. The van der Waals surface area contributed by atoms with Crippen molar-refractivity contribution in [3.05, 3.63) is 40.7 Å². The highest BCUT2D eigenvalue weighted by Gasteiger charge is 2.41. The number of allylic oxidation sites excluding steroid dienone is 1. The van der Waals surface area contributed by atoms with Gasteiger partial charge in [0.2, 0.25) is 12.4 Å². The maximum atomic E-state index is 11.5. The monoisotopic (exact) mass is 461 g/mol. The smallest absolute Gasteiger partial charge is 0.216 e. The SMILES string of the molecule is C/C(=C\N=C(N(C)C=O)N1CCC2(CC1)CO[C@@H](C)C2)Sc1ccn2nccc2c1Cl. The van der Waals surface area contributed by atoms with Crippen LogP contribution < -0.4 is 0 Å². The Balaban J connectivity index is 1.48. The highest BCUT2D eigenvalue weighted by molar-refractivity contribution is 8.03. The molecule has 2 aliphatic rings. The summed E-state index contributed by atoms with van der Waals surface area (Å²) in [7, 11) is 1.75. The van der Waals surface area contributed by atoms with E-state index < -0.39 is 0 Å². The van der Waals surface area contributed by atoms with Crippen LogP contribution in [0.4, 0.5) is 0 Å². The van der Waals surface area contributed by atoms with Crippen molar-refractivity contribution in [1.82, 2.24) is 19.4 Å². The van der Waals surface area contributed by atoms with Crippen molar-refractivity contribution in [2.45, 2.75) is 44.1 Å². The molecule has 0 saturated carbocycles. The Morgan fingerprint density at radius 1 is 1.42 bits per heavy atom. The second kappa shape index (κ2) is 9.22. The van der Waals surface area contributed by atoms with E-state index in [4.69, 9.17) is 16.3 Å². The average molecular weight is 462 g/mol. The maximum absolute atomic E-state index is 11.5. The number of pyridine rings is 1. The van der Waals surface area contributed by atoms with Crippen LogP contribution in [-0.2, 0) is 9.53 Å². The van der Waals surface area contributed by atoms with Crippen molar-refractivity contribution in [3.63, 3.8) is 0 Å². The van der Waals surface area contributed by atoms with Gasteiger partial charge in [-0.2, -0.15) is 5.10 Å². The first kappa shape index (κ1) is 22.2. The van der Waals surface area contributed by atoms with Gasteiger partial charge in [0.05, 0.1) is 29.4 Å². The number of likely N-dealkylation sites (tertiary alicyclic amines) is 1. The predicted molar refractivity (Wildman–Crippen MR) is 124 cm³/mol. The number of aliphatic imine (C=N–C) groups is 1. The number of halogens is 1. The lowest BCUT2D eigenvalue weighted by Gasteiger charge is -2.40. The summed E-state index contributed by atoms with van der Waals surface area (Å²) in [6.07, 6.45) is 9.81. The van der Waals surface area contributed by atoms with Crippen molar-refractivity contribution in [2.75, 3.05) is 26.7 Å². The van der Waals surface area contributed by atoms with Crippen molar-refractivity contribution >= 4 is 41.2 Å². The van der Waals surface area contributed by atoms with E-state index in [2.05, 4.69) is 21.9 Å². The van der Waals surface area contributed by atoms with E-state index >= 15 is 0 Å². The number of fused-ring (bicyclic) bond motifs is 1. The molecular formula is C22H28ClN5O2S. The summed E-state index contributed by atoms with van der Waals surface area (Å²) < 4.78 is 7.58. The molecule has 31 heavy (non-hydrogen) atoms. The Bertz CT molecular complexity index is 1010. The molecule has 2 fully saturated rings. The molecule has 2 aliphatic heterocycles. The number of guanidine groups is 1. The molecule has 2 aromatic rings. The molecule has 4 heterocycles. The van der Waals surface area contributed by atoms with Crippen molar-refractivity contribution in [2.24, 2.45) is 10.4 Å². The molecule has 2 aromatic heterocycles. The fourth-order valence-corrected chi connectivity index (χ4v) is 5.49. The number of aromatic nitrogens is 2. The molecule has 9 heteroatoms. The van der Waals surface area contributed by atoms with E-state index in [0.29, 0.717) is 17.1 Å². The largest absolute Gasteiger partial charge is 0.378 e. The molecule has 4 rings (SSSR count). The second-order valence-electron chi connectivity index (χ2n) is 8.46. The first-order valence-electron chi connectivity index (χ1n) is 10.5. The van der Waals surface area contributed by atoms with Crippen LogP contribution in [-0.4, -0.2) is 64.6 Å². The molecule has 0 unspecified atom stereocenters. The number of thioether (sulfide) groups is 1. The zero-order valence-corrected chi connectivity index (χ0v) is 19.7. The minimum atomic E-state index is 0.283. The quantitative estimate of drug-likeness (QED) is 0.294. The number of hydrogen-bond acceptors (Lipinski definition) is 5. The van der Waals surface area contributed by atoms with Gasteiger partial charge >= 0.3 is 0 Å². The maximum Gasteiger partial charge on any atom is 0.216 e. The van der Waals surface area contributed by atoms with Gasteiger partial charge in [0.1, 0.15) is 0 Å². The van der Waals surface area contributed by atoms with Crippen LogP contribution in [0.5, 0.6) is 0 Å².